The maximum Gasteiger partial charge on any atom is 0.239 e. The molecule has 0 atom stereocenters. The molecule has 0 aliphatic rings. The number of nitrogens with zero attached hydrogens (tertiary/aromatic N) is 1. The molecule has 3 aromatic rings. The number of hydrogen-bond acceptors (Lipinski definition) is 2. The molecule has 0 spiro atoms. The zero-order valence-electron chi connectivity index (χ0n) is 13.0. The summed E-state index contributed by atoms with van der Waals surface area (Å²) in [4.78, 5) is 24.1. The summed E-state index contributed by atoms with van der Waals surface area (Å²) in [5.41, 5.74) is 1.89. The minimum Gasteiger partial charge on any atom is -0.354 e. The largest absolute Gasteiger partial charge is 0.354 e. The van der Waals surface area contributed by atoms with Gasteiger partial charge in [-0.15, -0.1) is 0 Å². The lowest BCUT2D eigenvalue weighted by Gasteiger charge is -2.11. The van der Waals surface area contributed by atoms with Crippen molar-refractivity contribution < 1.29 is 4.79 Å². The van der Waals surface area contributed by atoms with Gasteiger partial charge < -0.3 is 9.88 Å². The van der Waals surface area contributed by atoms with Crippen molar-refractivity contribution in [2.24, 2.45) is 0 Å². The maximum atomic E-state index is 12.2. The van der Waals surface area contributed by atoms with Crippen molar-refractivity contribution in [1.29, 1.82) is 0 Å². The number of nitrogens with one attached hydrogen (secondary N) is 1. The molecular formula is C19H17BrN2O2. The van der Waals surface area contributed by atoms with E-state index >= 15 is 0 Å². The number of benzene rings is 2. The van der Waals surface area contributed by atoms with E-state index < -0.39 is 0 Å². The van der Waals surface area contributed by atoms with Crippen molar-refractivity contribution in [3.63, 3.8) is 0 Å². The van der Waals surface area contributed by atoms with Gasteiger partial charge in [0.1, 0.15) is 6.54 Å². The summed E-state index contributed by atoms with van der Waals surface area (Å²) in [5, 5.41) is 3.53. The van der Waals surface area contributed by atoms with Crippen LogP contribution in [0.2, 0.25) is 0 Å². The second-order valence-electron chi connectivity index (χ2n) is 5.55. The van der Waals surface area contributed by atoms with Crippen molar-refractivity contribution in [3.05, 3.63) is 81.1 Å². The van der Waals surface area contributed by atoms with Crippen molar-refractivity contribution in [3.8, 4) is 0 Å². The van der Waals surface area contributed by atoms with Crippen LogP contribution in [-0.2, 0) is 17.8 Å². The predicted molar refractivity (Wildman–Crippen MR) is 99.1 cm³/mol. The number of pyridine rings is 1. The summed E-state index contributed by atoms with van der Waals surface area (Å²) in [6.45, 7) is 0.771. The van der Waals surface area contributed by atoms with E-state index in [9.17, 15) is 9.59 Å². The first kappa shape index (κ1) is 16.5. The van der Waals surface area contributed by atoms with Crippen LogP contribution in [0.3, 0.4) is 0 Å². The van der Waals surface area contributed by atoms with E-state index in [2.05, 4.69) is 21.2 Å². The van der Waals surface area contributed by atoms with Crippen LogP contribution < -0.4 is 10.7 Å². The molecule has 0 saturated heterocycles. The Kier molecular flexibility index (Phi) is 5.11. The fraction of sp³-hybridized carbons (Fsp3) is 0.158. The van der Waals surface area contributed by atoms with Crippen LogP contribution in [0.15, 0.2) is 70.1 Å². The molecule has 1 amide bonds. The Bertz CT molecular complexity index is 920. The molecule has 122 valence electrons. The summed E-state index contributed by atoms with van der Waals surface area (Å²) in [6.07, 6.45) is 2.46. The molecule has 5 heteroatoms. The average molecular weight is 385 g/mol. The average Bonchev–Trinajstić information content (AvgIpc) is 2.58. The van der Waals surface area contributed by atoms with E-state index in [4.69, 9.17) is 0 Å². The number of fused-ring (bicyclic) bond motifs is 1. The first-order chi connectivity index (χ1) is 11.6. The fourth-order valence-electron chi connectivity index (χ4n) is 2.62. The van der Waals surface area contributed by atoms with Crippen LogP contribution in [0.25, 0.3) is 10.9 Å². The number of rotatable bonds is 5. The zero-order valence-corrected chi connectivity index (χ0v) is 14.6. The van der Waals surface area contributed by atoms with E-state index in [-0.39, 0.29) is 17.9 Å². The van der Waals surface area contributed by atoms with Crippen LogP contribution in [0.1, 0.15) is 5.56 Å². The molecule has 1 heterocycles. The zero-order chi connectivity index (χ0) is 16.9. The highest BCUT2D eigenvalue weighted by atomic mass is 79.9. The molecule has 4 nitrogen and oxygen atoms in total. The second-order valence-corrected chi connectivity index (χ2v) is 6.47. The van der Waals surface area contributed by atoms with Gasteiger partial charge in [0, 0.05) is 28.7 Å². The molecule has 0 aliphatic carbocycles. The van der Waals surface area contributed by atoms with E-state index in [1.807, 2.05) is 42.5 Å². The normalized spacial score (nSPS) is 10.7. The van der Waals surface area contributed by atoms with Crippen molar-refractivity contribution in [2.75, 3.05) is 6.54 Å². The Morgan fingerprint density at radius 2 is 1.88 bits per heavy atom. The highest BCUT2D eigenvalue weighted by Crippen LogP contribution is 2.17. The van der Waals surface area contributed by atoms with Gasteiger partial charge >= 0.3 is 0 Å². The van der Waals surface area contributed by atoms with Gasteiger partial charge in [0.25, 0.3) is 0 Å². The lowest BCUT2D eigenvalue weighted by Crippen LogP contribution is -2.29. The van der Waals surface area contributed by atoms with Crippen LogP contribution in [0.5, 0.6) is 0 Å². The molecule has 0 fully saturated rings. The number of carbonyl (C=O) groups is 1. The summed E-state index contributed by atoms with van der Waals surface area (Å²) in [7, 11) is 0. The van der Waals surface area contributed by atoms with Gasteiger partial charge in [-0.25, -0.2) is 0 Å². The summed E-state index contributed by atoms with van der Waals surface area (Å²) in [5.74, 6) is -0.0733. The molecule has 0 radical (unpaired) electrons. The van der Waals surface area contributed by atoms with Crippen LogP contribution in [-0.4, -0.2) is 17.0 Å². The Morgan fingerprint density at radius 1 is 1.08 bits per heavy atom. The second kappa shape index (κ2) is 7.45. The first-order valence-electron chi connectivity index (χ1n) is 7.73. The Labute approximate surface area is 148 Å². The summed E-state index contributed by atoms with van der Waals surface area (Å²) >= 11 is 3.41. The molecule has 1 N–H and O–H groups in total. The quantitative estimate of drug-likeness (QED) is 0.734. The van der Waals surface area contributed by atoms with E-state index in [0.717, 1.165) is 16.4 Å². The minimum absolute atomic E-state index is 0.0433. The predicted octanol–water partition coefficient (Wildman–Crippen LogP) is 3.12. The van der Waals surface area contributed by atoms with Crippen molar-refractivity contribution >= 4 is 32.7 Å². The van der Waals surface area contributed by atoms with Gasteiger partial charge in [0.05, 0.1) is 5.52 Å². The van der Waals surface area contributed by atoms with Gasteiger partial charge in [-0.05, 0) is 30.2 Å². The SMILES string of the molecule is O=C(Cn1ccc(=O)c2ccc(Br)cc21)NCCc1ccccc1. The van der Waals surface area contributed by atoms with Gasteiger partial charge in [-0.1, -0.05) is 46.3 Å². The topological polar surface area (TPSA) is 51.1 Å². The van der Waals surface area contributed by atoms with Crippen molar-refractivity contribution in [1.82, 2.24) is 9.88 Å². The highest BCUT2D eigenvalue weighted by molar-refractivity contribution is 9.10. The molecule has 0 saturated carbocycles. The van der Waals surface area contributed by atoms with E-state index in [1.54, 1.807) is 16.8 Å². The van der Waals surface area contributed by atoms with Gasteiger partial charge in [-0.3, -0.25) is 9.59 Å². The Morgan fingerprint density at radius 3 is 2.67 bits per heavy atom. The van der Waals surface area contributed by atoms with Gasteiger partial charge in [-0.2, -0.15) is 0 Å². The molecule has 24 heavy (non-hydrogen) atoms. The van der Waals surface area contributed by atoms with Crippen LogP contribution in [0, 0.1) is 0 Å². The third-order valence-corrected chi connectivity index (χ3v) is 4.33. The summed E-state index contributed by atoms with van der Waals surface area (Å²) < 4.78 is 2.66. The van der Waals surface area contributed by atoms with E-state index in [1.165, 1.54) is 11.6 Å². The third kappa shape index (κ3) is 3.92. The molecule has 0 aliphatic heterocycles. The number of aromatic nitrogens is 1. The molecular weight excluding hydrogens is 368 g/mol. The highest BCUT2D eigenvalue weighted by Gasteiger charge is 2.07. The summed E-state index contributed by atoms with van der Waals surface area (Å²) in [6, 6.07) is 17.0. The Hall–Kier alpha value is -2.40. The standard InChI is InChI=1S/C19H17BrN2O2/c20-15-6-7-16-17(12-15)22(11-9-18(16)23)13-19(24)21-10-8-14-4-2-1-3-5-14/h1-7,9,11-12H,8,10,13H2,(H,21,24). The van der Waals surface area contributed by atoms with E-state index in [0.29, 0.717) is 11.9 Å². The molecule has 3 rings (SSSR count). The lowest BCUT2D eigenvalue weighted by atomic mass is 10.1. The fourth-order valence-corrected chi connectivity index (χ4v) is 2.97. The van der Waals surface area contributed by atoms with Gasteiger partial charge in [0.2, 0.25) is 5.91 Å². The monoisotopic (exact) mass is 384 g/mol. The van der Waals surface area contributed by atoms with Gasteiger partial charge in [0.15, 0.2) is 5.43 Å². The number of hydrogen-bond donors (Lipinski definition) is 1. The molecule has 0 unspecified atom stereocenters. The minimum atomic E-state index is -0.0733. The number of amides is 1. The first-order valence-corrected chi connectivity index (χ1v) is 8.52. The number of carbonyl (C=O) groups excluding carboxylic acids is 1. The number of halogens is 1. The maximum absolute atomic E-state index is 12.2. The molecule has 1 aromatic heterocycles. The molecule has 0 bridgehead atoms. The van der Waals surface area contributed by atoms with Crippen LogP contribution in [0.4, 0.5) is 0 Å². The van der Waals surface area contributed by atoms with Crippen molar-refractivity contribution in [2.45, 2.75) is 13.0 Å². The lowest BCUT2D eigenvalue weighted by molar-refractivity contribution is -0.121. The van der Waals surface area contributed by atoms with Crippen LogP contribution >= 0.6 is 15.9 Å². The molecule has 2 aromatic carbocycles. The Balaban J connectivity index is 1.68. The smallest absolute Gasteiger partial charge is 0.239 e. The third-order valence-electron chi connectivity index (χ3n) is 3.83.